The largest absolute Gasteiger partial charge is 0.394 e. The van der Waals surface area contributed by atoms with Crippen molar-refractivity contribution in [1.29, 1.82) is 0 Å². The maximum Gasteiger partial charge on any atom is 0.337 e. The molecule has 0 aromatic rings. The first-order valence-corrected chi connectivity index (χ1v) is 17.1. The van der Waals surface area contributed by atoms with Crippen molar-refractivity contribution in [2.75, 3.05) is 52.2 Å². The molecule has 0 aliphatic carbocycles. The summed E-state index contributed by atoms with van der Waals surface area (Å²) >= 11 is 0. The minimum atomic E-state index is -4.09. The number of aliphatic hydroxyl groups excluding tert-OH is 1. The van der Waals surface area contributed by atoms with E-state index in [0.717, 1.165) is 45.2 Å². The topological polar surface area (TPSA) is 143 Å². The van der Waals surface area contributed by atoms with Gasteiger partial charge < -0.3 is 35.6 Å². The lowest BCUT2D eigenvalue weighted by Gasteiger charge is -2.18. The van der Waals surface area contributed by atoms with E-state index in [2.05, 4.69) is 17.6 Å². The Morgan fingerprint density at radius 1 is 0.816 bits per heavy atom. The molecular formula is C28H60N3O6P. The second-order valence-corrected chi connectivity index (χ2v) is 12.2. The van der Waals surface area contributed by atoms with E-state index in [1.807, 2.05) is 0 Å². The summed E-state index contributed by atoms with van der Waals surface area (Å²) < 4.78 is 22.9. The van der Waals surface area contributed by atoms with Crippen LogP contribution in [0.5, 0.6) is 0 Å². The van der Waals surface area contributed by atoms with E-state index in [4.69, 9.17) is 15.0 Å². The molecule has 9 nitrogen and oxygen atoms in total. The molecule has 0 fully saturated rings. The molecule has 38 heavy (non-hydrogen) atoms. The molecule has 0 bridgehead atoms. The summed E-state index contributed by atoms with van der Waals surface area (Å²) in [5.41, 5.74) is 5.43. The SMILES string of the molecule is CCCCCCCCCCCCCCCCOC(CO)COP(=O)(O)CC(=O)NCCCCNCCCN. The lowest BCUT2D eigenvalue weighted by atomic mass is 10.0. The second kappa shape index (κ2) is 28.0. The van der Waals surface area contributed by atoms with Gasteiger partial charge in [0.1, 0.15) is 12.3 Å². The number of nitrogens with one attached hydrogen (secondary N) is 2. The number of amides is 1. The minimum absolute atomic E-state index is 0.218. The molecule has 0 saturated heterocycles. The Hall–Kier alpha value is -0.540. The number of nitrogens with two attached hydrogens (primary N) is 1. The highest BCUT2D eigenvalue weighted by Gasteiger charge is 2.25. The van der Waals surface area contributed by atoms with Gasteiger partial charge in [-0.05, 0) is 45.3 Å². The number of hydrogen-bond acceptors (Lipinski definition) is 7. The number of carbonyl (C=O) groups excluding carboxylic acids is 1. The lowest BCUT2D eigenvalue weighted by molar-refractivity contribution is -0.118. The molecule has 2 unspecified atom stereocenters. The molecule has 0 heterocycles. The van der Waals surface area contributed by atoms with Crippen LogP contribution in [-0.4, -0.2) is 74.2 Å². The van der Waals surface area contributed by atoms with Crippen molar-refractivity contribution in [2.45, 2.75) is 122 Å². The van der Waals surface area contributed by atoms with E-state index < -0.39 is 25.8 Å². The molecule has 0 aliphatic rings. The van der Waals surface area contributed by atoms with Crippen molar-refractivity contribution in [3.8, 4) is 0 Å². The molecule has 0 aromatic heterocycles. The van der Waals surface area contributed by atoms with E-state index in [0.29, 0.717) is 19.7 Å². The smallest absolute Gasteiger partial charge is 0.337 e. The van der Waals surface area contributed by atoms with Crippen LogP contribution in [0, 0.1) is 0 Å². The van der Waals surface area contributed by atoms with E-state index in [9.17, 15) is 19.4 Å². The van der Waals surface area contributed by atoms with E-state index >= 15 is 0 Å². The molecule has 228 valence electrons. The van der Waals surface area contributed by atoms with Gasteiger partial charge in [0, 0.05) is 13.2 Å². The van der Waals surface area contributed by atoms with Gasteiger partial charge in [0.15, 0.2) is 0 Å². The van der Waals surface area contributed by atoms with Gasteiger partial charge in [-0.15, -0.1) is 0 Å². The first-order chi connectivity index (χ1) is 18.4. The van der Waals surface area contributed by atoms with Crippen molar-refractivity contribution < 1.29 is 28.6 Å². The predicted molar refractivity (Wildman–Crippen MR) is 157 cm³/mol. The molecule has 0 aliphatic heterocycles. The fourth-order valence-corrected chi connectivity index (χ4v) is 5.10. The zero-order valence-electron chi connectivity index (χ0n) is 24.3. The monoisotopic (exact) mass is 565 g/mol. The lowest BCUT2D eigenvalue weighted by Crippen LogP contribution is -2.29. The number of ether oxygens (including phenoxy) is 1. The first kappa shape index (κ1) is 37.5. The Morgan fingerprint density at radius 3 is 1.89 bits per heavy atom. The van der Waals surface area contributed by atoms with Crippen LogP contribution < -0.4 is 16.4 Å². The molecule has 0 saturated carbocycles. The third-order valence-electron chi connectivity index (χ3n) is 6.52. The molecule has 0 radical (unpaired) electrons. The van der Waals surface area contributed by atoms with Crippen molar-refractivity contribution in [1.82, 2.24) is 10.6 Å². The fourth-order valence-electron chi connectivity index (χ4n) is 4.14. The van der Waals surface area contributed by atoms with E-state index in [1.165, 1.54) is 77.0 Å². The molecule has 0 aromatic carbocycles. The van der Waals surface area contributed by atoms with Crippen LogP contribution in [0.4, 0.5) is 0 Å². The molecule has 1 amide bonds. The van der Waals surface area contributed by atoms with Gasteiger partial charge in [0.05, 0.1) is 13.2 Å². The first-order valence-electron chi connectivity index (χ1n) is 15.3. The Morgan fingerprint density at radius 2 is 1.34 bits per heavy atom. The molecule has 0 rings (SSSR count). The number of unbranched alkanes of at least 4 members (excludes halogenated alkanes) is 14. The van der Waals surface area contributed by atoms with Gasteiger partial charge in [-0.2, -0.15) is 0 Å². The molecule has 2 atom stereocenters. The standard InChI is InChI=1S/C28H60N3O6P/c1-2-3-4-5-6-7-8-9-10-11-12-13-14-17-23-36-27(24-32)25-37-38(34,35)26-28(33)31-22-16-15-20-30-21-18-19-29/h27,30,32H,2-26,29H2,1H3,(H,31,33)(H,34,35). The van der Waals surface area contributed by atoms with Gasteiger partial charge in [-0.3, -0.25) is 9.36 Å². The summed E-state index contributed by atoms with van der Waals surface area (Å²) in [5.74, 6) is -0.518. The van der Waals surface area contributed by atoms with Crippen LogP contribution >= 0.6 is 7.60 Å². The van der Waals surface area contributed by atoms with Crippen molar-refractivity contribution in [2.24, 2.45) is 5.73 Å². The summed E-state index contributed by atoms with van der Waals surface area (Å²) in [6.07, 6.45) is 19.3. The Bertz CT molecular complexity index is 571. The number of rotatable bonds is 30. The Balaban J connectivity index is 3.67. The van der Waals surface area contributed by atoms with Gasteiger partial charge >= 0.3 is 7.60 Å². The van der Waals surface area contributed by atoms with Crippen molar-refractivity contribution in [3.05, 3.63) is 0 Å². The minimum Gasteiger partial charge on any atom is -0.394 e. The van der Waals surface area contributed by atoms with Gasteiger partial charge in [0.25, 0.3) is 0 Å². The second-order valence-electron chi connectivity index (χ2n) is 10.3. The van der Waals surface area contributed by atoms with Crippen LogP contribution in [0.25, 0.3) is 0 Å². The average molecular weight is 566 g/mol. The maximum atomic E-state index is 12.2. The highest BCUT2D eigenvalue weighted by molar-refractivity contribution is 7.53. The fraction of sp³-hybridized carbons (Fsp3) is 0.964. The highest BCUT2D eigenvalue weighted by atomic mass is 31.2. The number of carbonyl (C=O) groups is 1. The van der Waals surface area contributed by atoms with Crippen LogP contribution in [0.15, 0.2) is 0 Å². The number of hydrogen-bond donors (Lipinski definition) is 5. The average Bonchev–Trinajstić information content (AvgIpc) is 2.89. The van der Waals surface area contributed by atoms with Gasteiger partial charge in [-0.25, -0.2) is 0 Å². The van der Waals surface area contributed by atoms with Crippen molar-refractivity contribution >= 4 is 13.5 Å². The summed E-state index contributed by atoms with van der Waals surface area (Å²) in [6, 6.07) is 0. The number of aliphatic hydroxyl groups is 1. The molecule has 0 spiro atoms. The van der Waals surface area contributed by atoms with Crippen LogP contribution in [0.1, 0.15) is 116 Å². The molecular weight excluding hydrogens is 505 g/mol. The van der Waals surface area contributed by atoms with Crippen LogP contribution in [-0.2, 0) is 18.6 Å². The van der Waals surface area contributed by atoms with Crippen molar-refractivity contribution in [3.63, 3.8) is 0 Å². The Labute approximate surface area is 232 Å². The Kier molecular flexibility index (Phi) is 27.6. The van der Waals surface area contributed by atoms with Crippen LogP contribution in [0.3, 0.4) is 0 Å². The van der Waals surface area contributed by atoms with E-state index in [-0.39, 0.29) is 13.2 Å². The molecule has 10 heteroatoms. The normalized spacial score (nSPS) is 13.9. The third kappa shape index (κ3) is 27.0. The van der Waals surface area contributed by atoms with Gasteiger partial charge in [0.2, 0.25) is 5.91 Å². The van der Waals surface area contributed by atoms with Crippen LogP contribution in [0.2, 0.25) is 0 Å². The maximum absolute atomic E-state index is 12.2. The predicted octanol–water partition coefficient (Wildman–Crippen LogP) is 4.88. The third-order valence-corrected chi connectivity index (χ3v) is 7.76. The summed E-state index contributed by atoms with van der Waals surface area (Å²) in [5, 5.41) is 15.4. The summed E-state index contributed by atoms with van der Waals surface area (Å²) in [7, 11) is -4.09. The summed E-state index contributed by atoms with van der Waals surface area (Å²) in [6.45, 7) is 5.05. The quantitative estimate of drug-likeness (QED) is 0.0612. The zero-order valence-corrected chi connectivity index (χ0v) is 25.2. The highest BCUT2D eigenvalue weighted by Crippen LogP contribution is 2.41. The zero-order chi connectivity index (χ0) is 28.2. The van der Waals surface area contributed by atoms with Gasteiger partial charge in [-0.1, -0.05) is 90.4 Å². The molecule has 6 N–H and O–H groups in total. The summed E-state index contributed by atoms with van der Waals surface area (Å²) in [4.78, 5) is 21.9. The van der Waals surface area contributed by atoms with E-state index in [1.54, 1.807) is 0 Å².